The highest BCUT2D eigenvalue weighted by Crippen LogP contribution is 2.34. The largest absolute Gasteiger partial charge is 0.321 e. The fourth-order valence-electron chi connectivity index (χ4n) is 5.60. The van der Waals surface area contributed by atoms with Crippen molar-refractivity contribution in [2.45, 2.75) is 71.9 Å². The van der Waals surface area contributed by atoms with Gasteiger partial charge in [0.25, 0.3) is 5.56 Å². The number of aromatic nitrogens is 5. The lowest BCUT2D eigenvalue weighted by atomic mass is 9.88. The van der Waals surface area contributed by atoms with Gasteiger partial charge in [0.2, 0.25) is 0 Å². The van der Waals surface area contributed by atoms with E-state index >= 15 is 0 Å². The number of benzene rings is 2. The third kappa shape index (κ3) is 4.97. The van der Waals surface area contributed by atoms with Gasteiger partial charge in [0, 0.05) is 10.9 Å². The second-order valence-corrected chi connectivity index (χ2v) is 11.2. The van der Waals surface area contributed by atoms with E-state index in [9.17, 15) is 4.79 Å². The van der Waals surface area contributed by atoms with Crippen molar-refractivity contribution < 1.29 is 0 Å². The van der Waals surface area contributed by atoms with Crippen molar-refractivity contribution in [2.75, 3.05) is 13.1 Å². The predicted octanol–water partition coefficient (Wildman–Crippen LogP) is 5.32. The first-order valence-electron chi connectivity index (χ1n) is 13.5. The summed E-state index contributed by atoms with van der Waals surface area (Å²) in [6.45, 7) is 12.4. The van der Waals surface area contributed by atoms with E-state index in [0.29, 0.717) is 11.5 Å². The van der Waals surface area contributed by atoms with Gasteiger partial charge in [0.05, 0.1) is 11.1 Å². The van der Waals surface area contributed by atoms with E-state index in [4.69, 9.17) is 0 Å². The van der Waals surface area contributed by atoms with Crippen molar-refractivity contribution in [3.63, 3.8) is 0 Å². The molecular formula is C30H38N6O. The van der Waals surface area contributed by atoms with Crippen molar-refractivity contribution in [2.24, 2.45) is 5.92 Å². The number of aryl methyl sites for hydroxylation is 2. The molecule has 0 bridgehead atoms. The Morgan fingerprint density at radius 3 is 2.46 bits per heavy atom. The van der Waals surface area contributed by atoms with Gasteiger partial charge in [-0.05, 0) is 106 Å². The van der Waals surface area contributed by atoms with Crippen LogP contribution in [0.2, 0.25) is 0 Å². The van der Waals surface area contributed by atoms with E-state index in [0.717, 1.165) is 66.6 Å². The van der Waals surface area contributed by atoms with E-state index in [-0.39, 0.29) is 17.1 Å². The number of piperidine rings is 1. The Balaban J connectivity index is 1.55. The van der Waals surface area contributed by atoms with E-state index in [1.807, 2.05) is 11.6 Å². The quantitative estimate of drug-likeness (QED) is 0.373. The van der Waals surface area contributed by atoms with Crippen LogP contribution in [0, 0.1) is 19.8 Å². The number of H-pyrrole nitrogens is 1. The maximum atomic E-state index is 13.7. The molecule has 1 aliphatic heterocycles. The molecule has 0 saturated carbocycles. The average molecular weight is 499 g/mol. The number of hydrogen-bond donors (Lipinski definition) is 1. The van der Waals surface area contributed by atoms with Gasteiger partial charge in [-0.25, -0.2) is 4.68 Å². The SMILES string of the molecule is CCC(C)(C)n1nnnc1C(c1cc2c(C)ccc(C)c2[nH]c1=O)N1CCC(Cc2ccccc2)CC1. The van der Waals surface area contributed by atoms with Crippen molar-refractivity contribution >= 4 is 10.9 Å². The minimum atomic E-state index is -0.313. The standard InChI is InChI=1S/C30H38N6O/c1-6-30(4,5)36-28(32-33-34-36)27(25-19-24-20(2)12-13-21(3)26(24)31-29(25)37)35-16-14-23(15-17-35)18-22-10-8-7-9-11-22/h7-13,19,23,27H,6,14-18H2,1-5H3,(H,31,37). The molecule has 1 unspecified atom stereocenters. The molecule has 1 N–H and O–H groups in total. The Kier molecular flexibility index (Phi) is 6.99. The van der Waals surface area contributed by atoms with Crippen LogP contribution >= 0.6 is 0 Å². The van der Waals surface area contributed by atoms with E-state index < -0.39 is 0 Å². The summed E-state index contributed by atoms with van der Waals surface area (Å²) in [7, 11) is 0. The van der Waals surface area contributed by atoms with Crippen molar-refractivity contribution in [3.8, 4) is 0 Å². The molecule has 1 saturated heterocycles. The van der Waals surface area contributed by atoms with Crippen LogP contribution in [-0.4, -0.2) is 43.2 Å². The fourth-order valence-corrected chi connectivity index (χ4v) is 5.60. The molecule has 7 heteroatoms. The summed E-state index contributed by atoms with van der Waals surface area (Å²) in [5.74, 6) is 1.37. The zero-order chi connectivity index (χ0) is 26.2. The first kappa shape index (κ1) is 25.3. The Labute approximate surface area is 218 Å². The molecule has 0 aliphatic carbocycles. The monoisotopic (exact) mass is 498 g/mol. The molecule has 0 radical (unpaired) electrons. The Morgan fingerprint density at radius 2 is 1.76 bits per heavy atom. The van der Waals surface area contributed by atoms with Gasteiger partial charge in [0.15, 0.2) is 5.82 Å². The van der Waals surface area contributed by atoms with Gasteiger partial charge >= 0.3 is 0 Å². The van der Waals surface area contributed by atoms with Crippen LogP contribution < -0.4 is 5.56 Å². The van der Waals surface area contributed by atoms with Crippen molar-refractivity contribution in [1.82, 2.24) is 30.1 Å². The van der Waals surface area contributed by atoms with Crippen LogP contribution in [0.1, 0.15) is 74.2 Å². The van der Waals surface area contributed by atoms with Crippen LogP contribution in [0.5, 0.6) is 0 Å². The normalized spacial score (nSPS) is 16.4. The lowest BCUT2D eigenvalue weighted by molar-refractivity contribution is 0.137. The number of hydrogen-bond acceptors (Lipinski definition) is 5. The first-order chi connectivity index (χ1) is 17.8. The number of rotatable bonds is 7. The maximum absolute atomic E-state index is 13.7. The van der Waals surface area contributed by atoms with Gasteiger partial charge in [-0.2, -0.15) is 0 Å². The number of aromatic amines is 1. The highest BCUT2D eigenvalue weighted by Gasteiger charge is 2.36. The molecule has 194 valence electrons. The molecule has 0 spiro atoms. The number of fused-ring (bicyclic) bond motifs is 1. The predicted molar refractivity (Wildman–Crippen MR) is 148 cm³/mol. The van der Waals surface area contributed by atoms with Gasteiger partial charge in [-0.3, -0.25) is 9.69 Å². The summed E-state index contributed by atoms with van der Waals surface area (Å²) in [5.41, 5.74) is 4.89. The van der Waals surface area contributed by atoms with Crippen LogP contribution in [0.15, 0.2) is 53.3 Å². The van der Waals surface area contributed by atoms with Crippen molar-refractivity contribution in [3.05, 3.63) is 87.0 Å². The van der Waals surface area contributed by atoms with Gasteiger partial charge < -0.3 is 4.98 Å². The van der Waals surface area contributed by atoms with E-state index in [1.165, 1.54) is 5.56 Å². The molecular weight excluding hydrogens is 460 g/mol. The molecule has 1 atom stereocenters. The minimum Gasteiger partial charge on any atom is -0.321 e. The second kappa shape index (κ2) is 10.2. The third-order valence-electron chi connectivity index (χ3n) is 8.33. The average Bonchev–Trinajstić information content (AvgIpc) is 3.39. The van der Waals surface area contributed by atoms with Gasteiger partial charge in [0.1, 0.15) is 6.04 Å². The lowest BCUT2D eigenvalue weighted by Crippen LogP contribution is -2.42. The zero-order valence-corrected chi connectivity index (χ0v) is 22.7. The molecule has 1 fully saturated rings. The summed E-state index contributed by atoms with van der Waals surface area (Å²) in [4.78, 5) is 19.3. The van der Waals surface area contributed by atoms with Crippen LogP contribution in [0.25, 0.3) is 10.9 Å². The molecule has 2 aromatic heterocycles. The van der Waals surface area contributed by atoms with Gasteiger partial charge in [-0.1, -0.05) is 49.4 Å². The Morgan fingerprint density at radius 1 is 1.05 bits per heavy atom. The van der Waals surface area contributed by atoms with Crippen LogP contribution in [-0.2, 0) is 12.0 Å². The summed E-state index contributed by atoms with van der Waals surface area (Å²) in [6, 6.07) is 16.7. The first-order valence-corrected chi connectivity index (χ1v) is 13.5. The summed E-state index contributed by atoms with van der Waals surface area (Å²) in [6.07, 6.45) is 4.12. The molecule has 1 aliphatic rings. The summed E-state index contributed by atoms with van der Waals surface area (Å²) in [5, 5.41) is 14.1. The molecule has 5 rings (SSSR count). The molecule has 3 heterocycles. The second-order valence-electron chi connectivity index (χ2n) is 11.2. The fraction of sp³-hybridized carbons (Fsp3) is 0.467. The molecule has 37 heavy (non-hydrogen) atoms. The smallest absolute Gasteiger partial charge is 0.253 e. The zero-order valence-electron chi connectivity index (χ0n) is 22.7. The third-order valence-corrected chi connectivity index (χ3v) is 8.33. The molecule has 2 aromatic carbocycles. The van der Waals surface area contributed by atoms with E-state index in [1.54, 1.807) is 0 Å². The summed E-state index contributed by atoms with van der Waals surface area (Å²) >= 11 is 0. The van der Waals surface area contributed by atoms with Crippen molar-refractivity contribution in [1.29, 1.82) is 0 Å². The van der Waals surface area contributed by atoms with Crippen LogP contribution in [0.3, 0.4) is 0 Å². The van der Waals surface area contributed by atoms with Gasteiger partial charge in [-0.15, -0.1) is 5.10 Å². The topological polar surface area (TPSA) is 79.7 Å². The van der Waals surface area contributed by atoms with E-state index in [2.05, 4.69) is 102 Å². The molecule has 4 aromatic rings. The Hall–Kier alpha value is -3.32. The number of nitrogens with one attached hydrogen (secondary N) is 1. The van der Waals surface area contributed by atoms with Crippen LogP contribution in [0.4, 0.5) is 0 Å². The number of pyridine rings is 1. The maximum Gasteiger partial charge on any atom is 0.253 e. The minimum absolute atomic E-state index is 0.0681. The summed E-state index contributed by atoms with van der Waals surface area (Å²) < 4.78 is 1.93. The molecule has 7 nitrogen and oxygen atoms in total. The highest BCUT2D eigenvalue weighted by molar-refractivity contribution is 5.85. The lowest BCUT2D eigenvalue weighted by Gasteiger charge is -2.38. The Bertz CT molecular complexity index is 1430. The molecule has 0 amide bonds. The highest BCUT2D eigenvalue weighted by atomic mass is 16.1. The number of nitrogens with zero attached hydrogens (tertiary/aromatic N) is 5. The number of tetrazole rings is 1. The number of likely N-dealkylation sites (tertiary alicyclic amines) is 1.